The van der Waals surface area contributed by atoms with Crippen LogP contribution in [0.3, 0.4) is 0 Å². The number of unbranched alkanes of at least 4 members (excludes halogenated alkanes) is 25. The van der Waals surface area contributed by atoms with Crippen LogP contribution in [-0.4, -0.2) is 37.2 Å². The first-order valence-electron chi connectivity index (χ1n) is 31.1. The van der Waals surface area contributed by atoms with Crippen LogP contribution in [0.2, 0.25) is 0 Å². The molecule has 0 rings (SSSR count). The first kappa shape index (κ1) is 70.8. The van der Waals surface area contributed by atoms with Gasteiger partial charge in [-0.2, -0.15) is 0 Å². The molecule has 0 saturated heterocycles. The minimum atomic E-state index is -0.798. The molecule has 0 spiro atoms. The first-order chi connectivity index (χ1) is 37.0. The second kappa shape index (κ2) is 62.4. The summed E-state index contributed by atoms with van der Waals surface area (Å²) in [7, 11) is 0. The van der Waals surface area contributed by atoms with Crippen molar-refractivity contribution in [2.45, 2.75) is 284 Å². The minimum Gasteiger partial charge on any atom is -0.462 e. The normalized spacial score (nSPS) is 12.9. The Kier molecular flexibility index (Phi) is 58.9. The van der Waals surface area contributed by atoms with Gasteiger partial charge in [-0.3, -0.25) is 14.4 Å². The van der Waals surface area contributed by atoms with Crippen molar-refractivity contribution in [3.8, 4) is 0 Å². The van der Waals surface area contributed by atoms with E-state index in [0.717, 1.165) is 135 Å². The second-order valence-corrected chi connectivity index (χ2v) is 20.2. The Morgan fingerprint density at radius 1 is 0.293 bits per heavy atom. The zero-order valence-electron chi connectivity index (χ0n) is 48.8. The number of carbonyl (C=O) groups is 3. The molecule has 1 atom stereocenters. The first-order valence-corrected chi connectivity index (χ1v) is 31.1. The van der Waals surface area contributed by atoms with Crippen molar-refractivity contribution in [1.82, 2.24) is 0 Å². The standard InChI is InChI=1S/C69H114O6/c1-4-7-10-13-16-19-22-25-28-31-34-37-40-43-46-49-52-55-58-61-67(70)73-64-66(75-69(72)63-60-57-54-51-48-45-42-39-36-33-30-27-24-21-18-15-12-9-6-3)65-74-68(71)62-59-56-53-50-47-44-41-38-35-32-29-26-23-20-17-14-11-8-5-2/h7,9-10,12,16-21,23,25-28,30,34,36-37,39,66H,4-6,8,11,13-15,22,24,29,31-33,35,38,40-65H2,1-3H3/b10-7-,12-9-,19-16-,20-17-,21-18-,26-23-,28-25-,30-27-,37-34-,39-36-. The molecule has 0 aromatic heterocycles. The van der Waals surface area contributed by atoms with Gasteiger partial charge in [0.1, 0.15) is 13.2 Å². The highest BCUT2D eigenvalue weighted by Gasteiger charge is 2.19. The molecule has 0 fully saturated rings. The van der Waals surface area contributed by atoms with Gasteiger partial charge in [-0.25, -0.2) is 0 Å². The number of allylic oxidation sites excluding steroid dienone is 20. The number of ether oxygens (including phenoxy) is 3. The van der Waals surface area contributed by atoms with E-state index >= 15 is 0 Å². The Bertz CT molecular complexity index is 1570. The highest BCUT2D eigenvalue weighted by atomic mass is 16.6. The molecule has 6 heteroatoms. The molecule has 0 aliphatic heterocycles. The van der Waals surface area contributed by atoms with Crippen LogP contribution in [0.15, 0.2) is 122 Å². The number of hydrogen-bond acceptors (Lipinski definition) is 6. The van der Waals surface area contributed by atoms with E-state index in [0.29, 0.717) is 19.3 Å². The fraction of sp³-hybridized carbons (Fsp3) is 0.667. The Morgan fingerprint density at radius 3 is 0.893 bits per heavy atom. The van der Waals surface area contributed by atoms with Crippen molar-refractivity contribution in [3.05, 3.63) is 122 Å². The lowest BCUT2D eigenvalue weighted by molar-refractivity contribution is -0.167. The molecule has 75 heavy (non-hydrogen) atoms. The molecular weight excluding hydrogens is 925 g/mol. The van der Waals surface area contributed by atoms with Gasteiger partial charge in [-0.05, 0) is 122 Å². The summed E-state index contributed by atoms with van der Waals surface area (Å²) in [6, 6.07) is 0. The van der Waals surface area contributed by atoms with Gasteiger partial charge < -0.3 is 14.2 Å². The molecule has 0 radical (unpaired) electrons. The van der Waals surface area contributed by atoms with E-state index in [4.69, 9.17) is 14.2 Å². The van der Waals surface area contributed by atoms with E-state index in [9.17, 15) is 14.4 Å². The van der Waals surface area contributed by atoms with Gasteiger partial charge in [0, 0.05) is 19.3 Å². The van der Waals surface area contributed by atoms with Crippen LogP contribution < -0.4 is 0 Å². The van der Waals surface area contributed by atoms with Gasteiger partial charge in [0.25, 0.3) is 0 Å². The SMILES string of the molecule is CC/C=C\C/C=C\C/C=C\C/C=C\CCCCCCCCC(=O)OCC(COC(=O)CCCCCCCCCCCC/C=C\C=C/CCCCC)OC(=O)CCCCCCCC/C=C\C/C=C\C/C=C\C/C=C\CC. The molecule has 426 valence electrons. The number of esters is 3. The van der Waals surface area contributed by atoms with Crippen molar-refractivity contribution < 1.29 is 28.6 Å². The summed E-state index contributed by atoms with van der Waals surface area (Å²) >= 11 is 0. The summed E-state index contributed by atoms with van der Waals surface area (Å²) in [4.78, 5) is 38.3. The lowest BCUT2D eigenvalue weighted by atomic mass is 10.1. The smallest absolute Gasteiger partial charge is 0.306 e. The summed E-state index contributed by atoms with van der Waals surface area (Å²) in [5.41, 5.74) is 0. The highest BCUT2D eigenvalue weighted by Crippen LogP contribution is 2.15. The fourth-order valence-corrected chi connectivity index (χ4v) is 8.36. The van der Waals surface area contributed by atoms with Crippen LogP contribution in [0, 0.1) is 0 Å². The second-order valence-electron chi connectivity index (χ2n) is 20.2. The quantitative estimate of drug-likeness (QED) is 0.0199. The lowest BCUT2D eigenvalue weighted by Crippen LogP contribution is -2.30. The van der Waals surface area contributed by atoms with Crippen LogP contribution >= 0.6 is 0 Å². The number of hydrogen-bond donors (Lipinski definition) is 0. The molecule has 6 nitrogen and oxygen atoms in total. The monoisotopic (exact) mass is 1040 g/mol. The average Bonchev–Trinajstić information content (AvgIpc) is 3.41. The van der Waals surface area contributed by atoms with Gasteiger partial charge in [0.2, 0.25) is 0 Å². The van der Waals surface area contributed by atoms with Crippen molar-refractivity contribution in [1.29, 1.82) is 0 Å². The maximum absolute atomic E-state index is 12.9. The Labute approximate surface area is 462 Å². The molecule has 0 saturated carbocycles. The third-order valence-corrected chi connectivity index (χ3v) is 13.0. The predicted molar refractivity (Wildman–Crippen MR) is 325 cm³/mol. The van der Waals surface area contributed by atoms with Crippen LogP contribution in [0.25, 0.3) is 0 Å². The van der Waals surface area contributed by atoms with Crippen molar-refractivity contribution in [2.24, 2.45) is 0 Å². The number of rotatable bonds is 55. The molecule has 1 unspecified atom stereocenters. The molecular formula is C69H114O6. The summed E-state index contributed by atoms with van der Waals surface area (Å²) < 4.78 is 16.9. The minimum absolute atomic E-state index is 0.0928. The summed E-state index contributed by atoms with van der Waals surface area (Å²) in [6.45, 7) is 6.37. The van der Waals surface area contributed by atoms with E-state index in [1.54, 1.807) is 0 Å². The summed E-state index contributed by atoms with van der Waals surface area (Å²) in [5.74, 6) is -0.921. The van der Waals surface area contributed by atoms with Crippen molar-refractivity contribution in [3.63, 3.8) is 0 Å². The molecule has 0 aliphatic rings. The summed E-state index contributed by atoms with van der Waals surface area (Å²) in [5, 5.41) is 0. The lowest BCUT2D eigenvalue weighted by Gasteiger charge is -2.18. The van der Waals surface area contributed by atoms with E-state index in [1.807, 2.05) is 0 Å². The van der Waals surface area contributed by atoms with Gasteiger partial charge in [0.15, 0.2) is 6.10 Å². The Morgan fingerprint density at radius 2 is 0.560 bits per heavy atom. The van der Waals surface area contributed by atoms with E-state index in [-0.39, 0.29) is 31.1 Å². The van der Waals surface area contributed by atoms with Gasteiger partial charge >= 0.3 is 17.9 Å². The molecule has 0 aromatic rings. The number of carbonyl (C=O) groups excluding carboxylic acids is 3. The molecule has 0 amide bonds. The van der Waals surface area contributed by atoms with Gasteiger partial charge in [-0.15, -0.1) is 0 Å². The fourth-order valence-electron chi connectivity index (χ4n) is 8.36. The van der Waals surface area contributed by atoms with Crippen LogP contribution in [-0.2, 0) is 28.6 Å². The zero-order valence-corrected chi connectivity index (χ0v) is 48.8. The molecule has 0 heterocycles. The van der Waals surface area contributed by atoms with Crippen LogP contribution in [0.4, 0.5) is 0 Å². The summed E-state index contributed by atoms with van der Waals surface area (Å²) in [6.07, 6.45) is 86.1. The Hall–Kier alpha value is -4.19. The largest absolute Gasteiger partial charge is 0.462 e. The van der Waals surface area contributed by atoms with E-state index in [1.165, 1.54) is 103 Å². The average molecular weight is 1040 g/mol. The van der Waals surface area contributed by atoms with Crippen LogP contribution in [0.1, 0.15) is 278 Å². The van der Waals surface area contributed by atoms with Crippen LogP contribution in [0.5, 0.6) is 0 Å². The topological polar surface area (TPSA) is 78.9 Å². The van der Waals surface area contributed by atoms with Gasteiger partial charge in [0.05, 0.1) is 0 Å². The van der Waals surface area contributed by atoms with E-state index in [2.05, 4.69) is 142 Å². The maximum atomic E-state index is 12.9. The highest BCUT2D eigenvalue weighted by molar-refractivity contribution is 5.71. The van der Waals surface area contributed by atoms with E-state index < -0.39 is 6.10 Å². The van der Waals surface area contributed by atoms with Crippen molar-refractivity contribution >= 4 is 17.9 Å². The maximum Gasteiger partial charge on any atom is 0.306 e. The van der Waals surface area contributed by atoms with Crippen molar-refractivity contribution in [2.75, 3.05) is 13.2 Å². The van der Waals surface area contributed by atoms with Gasteiger partial charge in [-0.1, -0.05) is 258 Å². The molecule has 0 N–H and O–H groups in total. The zero-order chi connectivity index (χ0) is 54.3. The third kappa shape index (κ3) is 60.6. The Balaban J connectivity index is 4.46. The predicted octanol–water partition coefficient (Wildman–Crippen LogP) is 21.2. The molecule has 0 aliphatic carbocycles. The molecule has 0 bridgehead atoms. The third-order valence-electron chi connectivity index (χ3n) is 13.0. The molecule has 0 aromatic carbocycles.